The average Bonchev–Trinajstić information content (AvgIpc) is 2.69. The van der Waals surface area contributed by atoms with E-state index in [1.165, 1.54) is 6.07 Å². The number of hydrogen-bond acceptors (Lipinski definition) is 4. The monoisotopic (exact) mass is 344 g/mol. The van der Waals surface area contributed by atoms with Crippen molar-refractivity contribution >= 4 is 33.3 Å². The number of halogens is 1. The van der Waals surface area contributed by atoms with Crippen LogP contribution in [0.2, 0.25) is 5.02 Å². The molecule has 1 atom stereocenters. The van der Waals surface area contributed by atoms with Gasteiger partial charge < -0.3 is 10.6 Å². The van der Waals surface area contributed by atoms with E-state index in [0.29, 0.717) is 17.0 Å². The molecule has 0 bridgehead atoms. The molecule has 1 aliphatic heterocycles. The Balaban J connectivity index is 1.87. The second-order valence-corrected chi connectivity index (χ2v) is 8.26. The van der Waals surface area contributed by atoms with Crippen LogP contribution in [0.3, 0.4) is 0 Å². The lowest BCUT2D eigenvalue weighted by Gasteiger charge is -2.23. The first kappa shape index (κ1) is 16.8. The first-order chi connectivity index (χ1) is 10.2. The molecule has 0 aliphatic carbocycles. The maximum atomic E-state index is 11.9. The third kappa shape index (κ3) is 4.45. The number of rotatable bonds is 4. The van der Waals surface area contributed by atoms with E-state index in [2.05, 4.69) is 10.6 Å². The minimum atomic E-state index is -3.10. The lowest BCUT2D eigenvalue weighted by Crippen LogP contribution is -2.50. The average molecular weight is 345 g/mol. The molecule has 1 heterocycles. The number of carbonyl (C=O) groups is 2. The van der Waals surface area contributed by atoms with Crippen molar-refractivity contribution in [1.82, 2.24) is 10.6 Å². The maximum absolute atomic E-state index is 11.9. The SMILES string of the molecule is CC1(NC(=O)CNC(=O)c2cccc(Cl)c2)CCS(=O)(=O)C1. The van der Waals surface area contributed by atoms with Crippen molar-refractivity contribution in [3.8, 4) is 0 Å². The summed E-state index contributed by atoms with van der Waals surface area (Å²) in [5.74, 6) is -0.844. The van der Waals surface area contributed by atoms with Crippen LogP contribution in [0.4, 0.5) is 0 Å². The molecule has 1 aromatic carbocycles. The van der Waals surface area contributed by atoms with Gasteiger partial charge in [-0.05, 0) is 31.5 Å². The van der Waals surface area contributed by atoms with Gasteiger partial charge in [-0.2, -0.15) is 0 Å². The van der Waals surface area contributed by atoms with Crippen molar-refractivity contribution in [3.05, 3.63) is 34.9 Å². The quantitative estimate of drug-likeness (QED) is 0.843. The van der Waals surface area contributed by atoms with Crippen LogP contribution in [0.25, 0.3) is 0 Å². The Morgan fingerprint density at radius 2 is 2.09 bits per heavy atom. The molecule has 1 fully saturated rings. The number of sulfone groups is 1. The van der Waals surface area contributed by atoms with Crippen molar-refractivity contribution < 1.29 is 18.0 Å². The minimum absolute atomic E-state index is 0.0681. The van der Waals surface area contributed by atoms with Crippen LogP contribution in [0, 0.1) is 0 Å². The molecular formula is C14H17ClN2O4S. The Bertz CT molecular complexity index is 705. The summed E-state index contributed by atoms with van der Waals surface area (Å²) >= 11 is 5.79. The predicted octanol–water partition coefficient (Wildman–Crippen LogP) is 0.763. The highest BCUT2D eigenvalue weighted by molar-refractivity contribution is 7.91. The fraction of sp³-hybridized carbons (Fsp3) is 0.429. The second-order valence-electron chi connectivity index (χ2n) is 5.64. The highest BCUT2D eigenvalue weighted by Crippen LogP contribution is 2.22. The molecule has 1 aromatic rings. The van der Waals surface area contributed by atoms with Gasteiger partial charge in [0.25, 0.3) is 5.91 Å². The lowest BCUT2D eigenvalue weighted by molar-refractivity contribution is -0.121. The van der Waals surface area contributed by atoms with Crippen LogP contribution in [0.15, 0.2) is 24.3 Å². The standard InChI is InChI=1S/C14H17ClN2O4S/c1-14(5-6-22(20,21)9-14)17-12(18)8-16-13(19)10-3-2-4-11(15)7-10/h2-4,7H,5-6,8-9H2,1H3,(H,16,19)(H,17,18). The van der Waals surface area contributed by atoms with Crippen LogP contribution in [0.5, 0.6) is 0 Å². The van der Waals surface area contributed by atoms with Gasteiger partial charge in [0.15, 0.2) is 9.84 Å². The van der Waals surface area contributed by atoms with Crippen LogP contribution < -0.4 is 10.6 Å². The molecular weight excluding hydrogens is 328 g/mol. The van der Waals surface area contributed by atoms with Gasteiger partial charge >= 0.3 is 0 Å². The van der Waals surface area contributed by atoms with Gasteiger partial charge in [0.2, 0.25) is 5.91 Å². The normalized spacial score (nSPS) is 23.0. The lowest BCUT2D eigenvalue weighted by atomic mass is 10.0. The predicted molar refractivity (Wildman–Crippen MR) is 83.6 cm³/mol. The molecule has 1 aliphatic rings. The van der Waals surface area contributed by atoms with E-state index < -0.39 is 27.2 Å². The van der Waals surface area contributed by atoms with E-state index >= 15 is 0 Å². The molecule has 2 amide bonds. The Kier molecular flexibility index (Phi) is 4.77. The minimum Gasteiger partial charge on any atom is -0.348 e. The highest BCUT2D eigenvalue weighted by Gasteiger charge is 2.39. The van der Waals surface area contributed by atoms with Crippen molar-refractivity contribution in [2.75, 3.05) is 18.1 Å². The van der Waals surface area contributed by atoms with Gasteiger partial charge in [-0.25, -0.2) is 8.42 Å². The molecule has 0 radical (unpaired) electrons. The zero-order valence-corrected chi connectivity index (χ0v) is 13.6. The maximum Gasteiger partial charge on any atom is 0.251 e. The molecule has 1 saturated heterocycles. The Morgan fingerprint density at radius 1 is 1.36 bits per heavy atom. The first-order valence-corrected chi connectivity index (χ1v) is 8.94. The number of nitrogens with one attached hydrogen (secondary N) is 2. The van der Waals surface area contributed by atoms with Crippen LogP contribution >= 0.6 is 11.6 Å². The van der Waals surface area contributed by atoms with Crippen molar-refractivity contribution in [2.45, 2.75) is 18.9 Å². The molecule has 2 rings (SSSR count). The van der Waals surface area contributed by atoms with Gasteiger partial charge in [0.1, 0.15) is 0 Å². The summed E-state index contributed by atoms with van der Waals surface area (Å²) < 4.78 is 23.0. The van der Waals surface area contributed by atoms with Crippen molar-refractivity contribution in [2.24, 2.45) is 0 Å². The topological polar surface area (TPSA) is 92.3 Å². The third-order valence-corrected chi connectivity index (χ3v) is 5.58. The molecule has 0 saturated carbocycles. The van der Waals surface area contributed by atoms with E-state index in [9.17, 15) is 18.0 Å². The number of carbonyl (C=O) groups excluding carboxylic acids is 2. The molecule has 8 heteroatoms. The van der Waals surface area contributed by atoms with Crippen LogP contribution in [0.1, 0.15) is 23.7 Å². The molecule has 1 unspecified atom stereocenters. The summed E-state index contributed by atoms with van der Waals surface area (Å²) in [6, 6.07) is 6.37. The van der Waals surface area contributed by atoms with Gasteiger partial charge in [-0.15, -0.1) is 0 Å². The Morgan fingerprint density at radius 3 is 2.68 bits per heavy atom. The molecule has 6 nitrogen and oxygen atoms in total. The fourth-order valence-electron chi connectivity index (χ4n) is 2.38. The summed E-state index contributed by atoms with van der Waals surface area (Å²) in [5.41, 5.74) is -0.411. The largest absolute Gasteiger partial charge is 0.348 e. The van der Waals surface area contributed by atoms with Crippen molar-refractivity contribution in [1.29, 1.82) is 0 Å². The molecule has 22 heavy (non-hydrogen) atoms. The Labute approximate surface area is 134 Å². The number of hydrogen-bond donors (Lipinski definition) is 2. The molecule has 2 N–H and O–H groups in total. The highest BCUT2D eigenvalue weighted by atomic mass is 35.5. The third-order valence-electron chi connectivity index (χ3n) is 3.44. The first-order valence-electron chi connectivity index (χ1n) is 6.74. The molecule has 0 spiro atoms. The molecule has 0 aromatic heterocycles. The van der Waals surface area contributed by atoms with Gasteiger partial charge in [0.05, 0.1) is 23.6 Å². The van der Waals surface area contributed by atoms with E-state index in [-0.39, 0.29) is 18.1 Å². The summed E-state index contributed by atoms with van der Waals surface area (Å²) in [6.07, 6.45) is 0.378. The van der Waals surface area contributed by atoms with Crippen LogP contribution in [-0.4, -0.2) is 43.8 Å². The van der Waals surface area contributed by atoms with E-state index in [0.717, 1.165) is 0 Å². The van der Waals surface area contributed by atoms with E-state index in [4.69, 9.17) is 11.6 Å². The van der Waals surface area contributed by atoms with Crippen LogP contribution in [-0.2, 0) is 14.6 Å². The van der Waals surface area contributed by atoms with E-state index in [1.807, 2.05) is 0 Å². The smallest absolute Gasteiger partial charge is 0.251 e. The fourth-order valence-corrected chi connectivity index (χ4v) is 4.67. The summed E-state index contributed by atoms with van der Waals surface area (Å²) in [6.45, 7) is 1.47. The zero-order valence-electron chi connectivity index (χ0n) is 12.1. The van der Waals surface area contributed by atoms with E-state index in [1.54, 1.807) is 25.1 Å². The van der Waals surface area contributed by atoms with Gasteiger partial charge in [-0.3, -0.25) is 9.59 Å². The Hall–Kier alpha value is -1.60. The number of amides is 2. The summed E-state index contributed by atoms with van der Waals surface area (Å²) in [4.78, 5) is 23.7. The summed E-state index contributed by atoms with van der Waals surface area (Å²) in [7, 11) is -3.10. The van der Waals surface area contributed by atoms with Gasteiger partial charge in [-0.1, -0.05) is 17.7 Å². The summed E-state index contributed by atoms with van der Waals surface area (Å²) in [5, 5.41) is 5.58. The number of benzene rings is 1. The van der Waals surface area contributed by atoms with Gasteiger partial charge in [0, 0.05) is 10.6 Å². The molecule has 120 valence electrons. The zero-order chi connectivity index (χ0) is 16.4. The second kappa shape index (κ2) is 6.26. The van der Waals surface area contributed by atoms with Crippen molar-refractivity contribution in [3.63, 3.8) is 0 Å².